The Bertz CT molecular complexity index is 128. The minimum absolute atomic E-state index is 0.0515. The highest BCUT2D eigenvalue weighted by atomic mass is 16.1. The van der Waals surface area contributed by atoms with Gasteiger partial charge < -0.3 is 5.32 Å². The number of carbonyl (C=O) groups is 1. The fourth-order valence-electron chi connectivity index (χ4n) is 1.54. The van der Waals surface area contributed by atoms with Gasteiger partial charge in [0.15, 0.2) is 0 Å². The van der Waals surface area contributed by atoms with Crippen LogP contribution in [0.15, 0.2) is 0 Å². The molecule has 63 valence electrons. The maximum atomic E-state index is 10.5. The molecule has 1 aliphatic carbocycles. The van der Waals surface area contributed by atoms with Crippen LogP contribution in [0.5, 0.6) is 0 Å². The molecule has 1 amide bonds. The molecule has 1 radical (unpaired) electrons. The fourth-order valence-corrected chi connectivity index (χ4v) is 1.54. The van der Waals surface area contributed by atoms with Crippen LogP contribution >= 0.6 is 0 Å². The van der Waals surface area contributed by atoms with E-state index in [-0.39, 0.29) is 5.91 Å². The summed E-state index contributed by atoms with van der Waals surface area (Å²) in [6.45, 7) is 3.51. The van der Waals surface area contributed by atoms with Crippen LogP contribution in [0.3, 0.4) is 0 Å². The summed E-state index contributed by atoms with van der Waals surface area (Å²) in [6.07, 6.45) is 6.51. The van der Waals surface area contributed by atoms with E-state index in [4.69, 9.17) is 0 Å². The second-order valence-electron chi connectivity index (χ2n) is 3.27. The number of amides is 1. The summed E-state index contributed by atoms with van der Waals surface area (Å²) < 4.78 is 0. The van der Waals surface area contributed by atoms with E-state index in [1.165, 1.54) is 32.1 Å². The van der Waals surface area contributed by atoms with E-state index < -0.39 is 0 Å². The highest BCUT2D eigenvalue weighted by Crippen LogP contribution is 2.24. The third kappa shape index (κ3) is 3.40. The molecule has 0 spiro atoms. The largest absolute Gasteiger partial charge is 0.351 e. The number of nitrogens with one attached hydrogen (secondary N) is 1. The summed E-state index contributed by atoms with van der Waals surface area (Å²) in [5, 5.41) is 2.75. The summed E-state index contributed by atoms with van der Waals surface area (Å²) in [5.74, 6) is 0.684. The van der Waals surface area contributed by atoms with Crippen molar-refractivity contribution >= 4 is 5.91 Å². The first-order valence-electron chi connectivity index (χ1n) is 4.39. The molecule has 0 aromatic rings. The lowest BCUT2D eigenvalue weighted by molar-refractivity contribution is -0.118. The predicted molar refractivity (Wildman–Crippen MR) is 44.7 cm³/mol. The monoisotopic (exact) mass is 154 g/mol. The van der Waals surface area contributed by atoms with E-state index in [1.54, 1.807) is 6.92 Å². The predicted octanol–water partition coefficient (Wildman–Crippen LogP) is 1.86. The maximum absolute atomic E-state index is 10.5. The van der Waals surface area contributed by atoms with Gasteiger partial charge in [0.05, 0.1) is 6.54 Å². The molecule has 11 heavy (non-hydrogen) atoms. The van der Waals surface area contributed by atoms with E-state index in [0.29, 0.717) is 5.92 Å². The fraction of sp³-hybridized carbons (Fsp3) is 0.778. The molecule has 0 aromatic heterocycles. The van der Waals surface area contributed by atoms with Crippen molar-refractivity contribution in [3.05, 3.63) is 6.54 Å². The van der Waals surface area contributed by atoms with E-state index in [1.807, 2.05) is 6.54 Å². The Balaban J connectivity index is 2.09. The summed E-state index contributed by atoms with van der Waals surface area (Å²) >= 11 is 0. The van der Waals surface area contributed by atoms with Crippen molar-refractivity contribution in [2.24, 2.45) is 5.92 Å². The average molecular weight is 154 g/mol. The van der Waals surface area contributed by atoms with Crippen LogP contribution in [-0.2, 0) is 4.79 Å². The summed E-state index contributed by atoms with van der Waals surface area (Å²) in [6, 6.07) is 0. The molecular weight excluding hydrogens is 138 g/mol. The van der Waals surface area contributed by atoms with Gasteiger partial charge in [-0.1, -0.05) is 19.3 Å². The molecule has 1 fully saturated rings. The molecule has 1 saturated carbocycles. The molecule has 0 saturated heterocycles. The zero-order chi connectivity index (χ0) is 8.10. The minimum Gasteiger partial charge on any atom is -0.351 e. The zero-order valence-electron chi connectivity index (χ0n) is 7.10. The molecular formula is C9H16NO. The first kappa shape index (κ1) is 8.57. The lowest BCUT2D eigenvalue weighted by Gasteiger charge is -2.20. The molecule has 1 aliphatic rings. The van der Waals surface area contributed by atoms with Crippen molar-refractivity contribution in [1.82, 2.24) is 5.32 Å². The number of hydrogen-bond acceptors (Lipinski definition) is 1. The van der Waals surface area contributed by atoms with Crippen molar-refractivity contribution in [3.8, 4) is 0 Å². The summed E-state index contributed by atoms with van der Waals surface area (Å²) in [7, 11) is 0. The second kappa shape index (κ2) is 4.37. The first-order chi connectivity index (χ1) is 5.29. The normalized spacial score (nSPS) is 19.7. The zero-order valence-corrected chi connectivity index (χ0v) is 7.10. The molecule has 0 unspecified atom stereocenters. The Morgan fingerprint density at radius 1 is 1.36 bits per heavy atom. The van der Waals surface area contributed by atoms with Crippen LogP contribution in [0, 0.1) is 12.5 Å². The number of hydrogen-bond donors (Lipinski definition) is 1. The Morgan fingerprint density at radius 3 is 2.55 bits per heavy atom. The van der Waals surface area contributed by atoms with Crippen LogP contribution in [0.25, 0.3) is 0 Å². The van der Waals surface area contributed by atoms with Crippen LogP contribution in [0.4, 0.5) is 0 Å². The lowest BCUT2D eigenvalue weighted by atomic mass is 9.89. The molecule has 2 nitrogen and oxygen atoms in total. The van der Waals surface area contributed by atoms with Gasteiger partial charge in [0.1, 0.15) is 0 Å². The summed E-state index contributed by atoms with van der Waals surface area (Å²) in [4.78, 5) is 10.5. The molecule has 1 N–H and O–H groups in total. The molecule has 0 aromatic carbocycles. The van der Waals surface area contributed by atoms with Gasteiger partial charge in [-0.05, 0) is 18.8 Å². The maximum Gasteiger partial charge on any atom is 0.217 e. The standard InChI is InChI=1S/C9H16NO/c1-8(11)10-7-9-5-3-2-4-6-9/h7,9H,2-6H2,1H3,(H,10,11). The Kier molecular flexibility index (Phi) is 3.40. The third-order valence-corrected chi connectivity index (χ3v) is 2.17. The Morgan fingerprint density at radius 2 is 2.00 bits per heavy atom. The van der Waals surface area contributed by atoms with Gasteiger partial charge in [-0.25, -0.2) is 0 Å². The molecule has 0 atom stereocenters. The average Bonchev–Trinajstić information content (AvgIpc) is 2.03. The van der Waals surface area contributed by atoms with Crippen molar-refractivity contribution < 1.29 is 4.79 Å². The van der Waals surface area contributed by atoms with Gasteiger partial charge in [0.25, 0.3) is 0 Å². The second-order valence-corrected chi connectivity index (χ2v) is 3.27. The molecule has 0 heterocycles. The topological polar surface area (TPSA) is 29.1 Å². The van der Waals surface area contributed by atoms with E-state index >= 15 is 0 Å². The van der Waals surface area contributed by atoms with Gasteiger partial charge in [-0.3, -0.25) is 4.79 Å². The van der Waals surface area contributed by atoms with Crippen molar-refractivity contribution in [3.63, 3.8) is 0 Å². The molecule has 0 bridgehead atoms. The van der Waals surface area contributed by atoms with Crippen LogP contribution in [0.2, 0.25) is 0 Å². The van der Waals surface area contributed by atoms with Crippen LogP contribution < -0.4 is 5.32 Å². The van der Waals surface area contributed by atoms with Gasteiger partial charge in [-0.2, -0.15) is 0 Å². The smallest absolute Gasteiger partial charge is 0.217 e. The number of carbonyl (C=O) groups excluding carboxylic acids is 1. The molecule has 2 heteroatoms. The van der Waals surface area contributed by atoms with Gasteiger partial charge in [0.2, 0.25) is 5.91 Å². The highest BCUT2D eigenvalue weighted by Gasteiger charge is 2.13. The summed E-state index contributed by atoms with van der Waals surface area (Å²) in [5.41, 5.74) is 0. The van der Waals surface area contributed by atoms with E-state index in [9.17, 15) is 4.79 Å². The van der Waals surface area contributed by atoms with Crippen LogP contribution in [-0.4, -0.2) is 5.91 Å². The van der Waals surface area contributed by atoms with Gasteiger partial charge >= 0.3 is 0 Å². The van der Waals surface area contributed by atoms with Crippen molar-refractivity contribution in [2.45, 2.75) is 39.0 Å². The third-order valence-electron chi connectivity index (χ3n) is 2.17. The SMILES string of the molecule is CC(=O)N[CH]C1CCCCC1. The Labute approximate surface area is 68.4 Å². The lowest BCUT2D eigenvalue weighted by Crippen LogP contribution is -2.22. The molecule has 0 aliphatic heterocycles. The Hall–Kier alpha value is -0.530. The van der Waals surface area contributed by atoms with Gasteiger partial charge in [0, 0.05) is 6.92 Å². The minimum atomic E-state index is 0.0515. The van der Waals surface area contributed by atoms with Crippen molar-refractivity contribution in [2.75, 3.05) is 0 Å². The quantitative estimate of drug-likeness (QED) is 0.646. The van der Waals surface area contributed by atoms with Gasteiger partial charge in [-0.15, -0.1) is 0 Å². The first-order valence-corrected chi connectivity index (χ1v) is 4.39. The molecule has 1 rings (SSSR count). The van der Waals surface area contributed by atoms with E-state index in [2.05, 4.69) is 5.32 Å². The van der Waals surface area contributed by atoms with E-state index in [0.717, 1.165) is 0 Å². The van der Waals surface area contributed by atoms with Crippen molar-refractivity contribution in [1.29, 1.82) is 0 Å². The highest BCUT2D eigenvalue weighted by molar-refractivity contribution is 5.73. The number of rotatable bonds is 2. The van der Waals surface area contributed by atoms with Crippen LogP contribution in [0.1, 0.15) is 39.0 Å².